The van der Waals surface area contributed by atoms with Crippen molar-refractivity contribution < 1.29 is 9.53 Å². The summed E-state index contributed by atoms with van der Waals surface area (Å²) in [6, 6.07) is 9.52. The van der Waals surface area contributed by atoms with Gasteiger partial charge in [0.25, 0.3) is 5.91 Å². The topological polar surface area (TPSA) is 69.0 Å². The fourth-order valence-electron chi connectivity index (χ4n) is 2.93. The molecule has 136 valence electrons. The van der Waals surface area contributed by atoms with Crippen molar-refractivity contribution in [3.63, 3.8) is 0 Å². The number of ether oxygens (including phenoxy) is 1. The van der Waals surface area contributed by atoms with Crippen molar-refractivity contribution in [1.82, 2.24) is 19.9 Å². The van der Waals surface area contributed by atoms with Crippen molar-refractivity contribution in [1.29, 1.82) is 0 Å². The summed E-state index contributed by atoms with van der Waals surface area (Å²) in [6.45, 7) is 7.87. The van der Waals surface area contributed by atoms with Crippen LogP contribution in [0.1, 0.15) is 35.1 Å². The van der Waals surface area contributed by atoms with Crippen LogP contribution in [0.15, 0.2) is 36.5 Å². The van der Waals surface area contributed by atoms with Crippen LogP contribution in [0.2, 0.25) is 0 Å². The molecule has 0 saturated heterocycles. The van der Waals surface area contributed by atoms with E-state index < -0.39 is 0 Å². The van der Waals surface area contributed by atoms with Crippen molar-refractivity contribution in [2.75, 3.05) is 19.8 Å². The number of hydrogen-bond acceptors (Lipinski definition) is 4. The number of amides is 1. The second-order valence-electron chi connectivity index (χ2n) is 6.15. The predicted molar refractivity (Wildman–Crippen MR) is 102 cm³/mol. The van der Waals surface area contributed by atoms with Crippen molar-refractivity contribution in [2.24, 2.45) is 0 Å². The lowest BCUT2D eigenvalue weighted by Gasteiger charge is -2.12. The van der Waals surface area contributed by atoms with Gasteiger partial charge in [-0.15, -0.1) is 0 Å². The van der Waals surface area contributed by atoms with Gasteiger partial charge in [0.15, 0.2) is 5.65 Å². The molecule has 0 radical (unpaired) electrons. The summed E-state index contributed by atoms with van der Waals surface area (Å²) < 4.78 is 7.29. The Morgan fingerprint density at radius 2 is 2.12 bits per heavy atom. The van der Waals surface area contributed by atoms with Gasteiger partial charge in [-0.3, -0.25) is 9.36 Å². The highest BCUT2D eigenvalue weighted by molar-refractivity contribution is 5.95. The second-order valence-corrected chi connectivity index (χ2v) is 6.15. The van der Waals surface area contributed by atoms with Gasteiger partial charge in [-0.2, -0.15) is 0 Å². The Morgan fingerprint density at radius 1 is 1.27 bits per heavy atom. The first-order valence-electron chi connectivity index (χ1n) is 8.89. The highest BCUT2D eigenvalue weighted by Crippen LogP contribution is 2.23. The molecule has 0 bridgehead atoms. The van der Waals surface area contributed by atoms with E-state index in [0.717, 1.165) is 34.7 Å². The molecule has 6 heteroatoms. The minimum absolute atomic E-state index is 0.0854. The smallest absolute Gasteiger partial charge is 0.251 e. The van der Waals surface area contributed by atoms with Crippen LogP contribution in [0.4, 0.5) is 0 Å². The van der Waals surface area contributed by atoms with Crippen molar-refractivity contribution in [3.05, 3.63) is 53.5 Å². The van der Waals surface area contributed by atoms with Crippen molar-refractivity contribution in [3.8, 4) is 5.69 Å². The maximum atomic E-state index is 12.5. The summed E-state index contributed by atoms with van der Waals surface area (Å²) in [5.41, 5.74) is 4.24. The number of hydrogen-bond donors (Lipinski definition) is 1. The molecular formula is C20H24N4O2. The average molecular weight is 352 g/mol. The van der Waals surface area contributed by atoms with E-state index in [1.165, 1.54) is 0 Å². The van der Waals surface area contributed by atoms with E-state index in [-0.39, 0.29) is 5.91 Å². The van der Waals surface area contributed by atoms with Gasteiger partial charge in [-0.05, 0) is 57.0 Å². The summed E-state index contributed by atoms with van der Waals surface area (Å²) >= 11 is 0. The SMILES string of the molecule is CCOCCCNC(=O)c1ccc(C)c(-n2c(C)nc3cccnc32)c1. The summed E-state index contributed by atoms with van der Waals surface area (Å²) in [6.07, 6.45) is 2.55. The second kappa shape index (κ2) is 8.10. The largest absolute Gasteiger partial charge is 0.382 e. The number of aryl methyl sites for hydroxylation is 2. The first kappa shape index (κ1) is 18.1. The van der Waals surface area contributed by atoms with Crippen LogP contribution in [-0.2, 0) is 4.74 Å². The highest BCUT2D eigenvalue weighted by atomic mass is 16.5. The molecule has 0 aliphatic heterocycles. The Balaban J connectivity index is 1.86. The lowest BCUT2D eigenvalue weighted by molar-refractivity contribution is 0.0944. The average Bonchev–Trinajstić information content (AvgIpc) is 2.97. The molecule has 0 saturated carbocycles. The fraction of sp³-hybridized carbons (Fsp3) is 0.350. The van der Waals surface area contributed by atoms with Gasteiger partial charge in [0.2, 0.25) is 0 Å². The van der Waals surface area contributed by atoms with E-state index in [9.17, 15) is 4.79 Å². The van der Waals surface area contributed by atoms with Crippen LogP contribution < -0.4 is 5.32 Å². The molecule has 1 aromatic carbocycles. The molecule has 6 nitrogen and oxygen atoms in total. The zero-order valence-corrected chi connectivity index (χ0v) is 15.5. The van der Waals surface area contributed by atoms with E-state index in [0.29, 0.717) is 25.3 Å². The maximum absolute atomic E-state index is 12.5. The zero-order chi connectivity index (χ0) is 18.5. The normalized spacial score (nSPS) is 11.0. The number of nitrogens with one attached hydrogen (secondary N) is 1. The van der Waals surface area contributed by atoms with E-state index >= 15 is 0 Å². The Hall–Kier alpha value is -2.73. The van der Waals surface area contributed by atoms with Crippen LogP contribution in [0.5, 0.6) is 0 Å². The Kier molecular flexibility index (Phi) is 5.63. The number of benzene rings is 1. The Morgan fingerprint density at radius 3 is 2.92 bits per heavy atom. The zero-order valence-electron chi connectivity index (χ0n) is 15.5. The number of imidazole rings is 1. The summed E-state index contributed by atoms with van der Waals surface area (Å²) in [5.74, 6) is 0.758. The van der Waals surface area contributed by atoms with E-state index in [1.54, 1.807) is 6.20 Å². The third kappa shape index (κ3) is 3.75. The molecule has 2 aromatic heterocycles. The molecule has 3 rings (SSSR count). The van der Waals surface area contributed by atoms with Gasteiger partial charge in [0.1, 0.15) is 11.3 Å². The molecule has 0 spiro atoms. The minimum Gasteiger partial charge on any atom is -0.382 e. The lowest BCUT2D eigenvalue weighted by atomic mass is 10.1. The molecule has 0 fully saturated rings. The molecule has 1 N–H and O–H groups in total. The number of fused-ring (bicyclic) bond motifs is 1. The number of carbonyl (C=O) groups excluding carboxylic acids is 1. The van der Waals surface area contributed by atoms with Crippen LogP contribution >= 0.6 is 0 Å². The number of pyridine rings is 1. The van der Waals surface area contributed by atoms with Crippen molar-refractivity contribution >= 4 is 17.1 Å². The third-order valence-electron chi connectivity index (χ3n) is 4.25. The predicted octanol–water partition coefficient (Wildman–Crippen LogP) is 3.19. The van der Waals surface area contributed by atoms with E-state index in [4.69, 9.17) is 4.74 Å². The van der Waals surface area contributed by atoms with E-state index in [2.05, 4.69) is 15.3 Å². The summed E-state index contributed by atoms with van der Waals surface area (Å²) in [7, 11) is 0. The molecule has 2 heterocycles. The van der Waals surface area contributed by atoms with Gasteiger partial charge < -0.3 is 10.1 Å². The van der Waals surface area contributed by atoms with Gasteiger partial charge in [-0.1, -0.05) is 6.07 Å². The molecule has 0 atom stereocenters. The van der Waals surface area contributed by atoms with Crippen LogP contribution in [0, 0.1) is 13.8 Å². The maximum Gasteiger partial charge on any atom is 0.251 e. The van der Waals surface area contributed by atoms with Gasteiger partial charge in [0.05, 0.1) is 5.69 Å². The molecule has 3 aromatic rings. The molecule has 1 amide bonds. The van der Waals surface area contributed by atoms with E-state index in [1.807, 2.05) is 55.7 Å². The number of carbonyl (C=O) groups is 1. The fourth-order valence-corrected chi connectivity index (χ4v) is 2.93. The first-order chi connectivity index (χ1) is 12.6. The first-order valence-corrected chi connectivity index (χ1v) is 8.89. The number of aromatic nitrogens is 3. The van der Waals surface area contributed by atoms with Crippen LogP contribution in [0.3, 0.4) is 0 Å². The lowest BCUT2D eigenvalue weighted by Crippen LogP contribution is -2.25. The minimum atomic E-state index is -0.0854. The molecule has 26 heavy (non-hydrogen) atoms. The summed E-state index contributed by atoms with van der Waals surface area (Å²) in [5, 5.41) is 2.94. The monoisotopic (exact) mass is 352 g/mol. The Labute approximate surface area is 153 Å². The summed E-state index contributed by atoms with van der Waals surface area (Å²) in [4.78, 5) is 21.5. The highest BCUT2D eigenvalue weighted by Gasteiger charge is 2.14. The molecule has 0 aliphatic carbocycles. The third-order valence-corrected chi connectivity index (χ3v) is 4.25. The standard InChI is InChI=1S/C20H24N4O2/c1-4-26-12-6-11-22-20(25)16-9-8-14(2)18(13-16)24-15(3)23-17-7-5-10-21-19(17)24/h5,7-10,13H,4,6,11-12H2,1-3H3,(H,22,25). The van der Waals surface area contributed by atoms with Gasteiger partial charge in [0, 0.05) is 31.5 Å². The van der Waals surface area contributed by atoms with Crippen LogP contribution in [-0.4, -0.2) is 40.2 Å². The number of rotatable bonds is 7. The van der Waals surface area contributed by atoms with Gasteiger partial charge in [-0.25, -0.2) is 9.97 Å². The molecule has 0 unspecified atom stereocenters. The van der Waals surface area contributed by atoms with Gasteiger partial charge >= 0.3 is 0 Å². The molecular weight excluding hydrogens is 328 g/mol. The number of nitrogens with zero attached hydrogens (tertiary/aromatic N) is 3. The Bertz CT molecular complexity index is 917. The van der Waals surface area contributed by atoms with Crippen molar-refractivity contribution in [2.45, 2.75) is 27.2 Å². The quantitative estimate of drug-likeness (QED) is 0.663. The molecule has 0 aliphatic rings. The van der Waals surface area contributed by atoms with Crippen LogP contribution in [0.25, 0.3) is 16.9 Å².